The number of thioether (sulfide) groups is 1. The Labute approximate surface area is 148 Å². The summed E-state index contributed by atoms with van der Waals surface area (Å²) in [6, 6.07) is 13.3. The fourth-order valence-electron chi connectivity index (χ4n) is 2.20. The second-order valence-corrected chi connectivity index (χ2v) is 6.06. The van der Waals surface area contributed by atoms with Crippen molar-refractivity contribution >= 4 is 17.5 Å². The highest BCUT2D eigenvalue weighted by Gasteiger charge is 2.12. The molecular weight excluding hydrogens is 341 g/mol. The zero-order valence-electron chi connectivity index (χ0n) is 13.5. The third-order valence-electron chi connectivity index (χ3n) is 3.41. The molecule has 0 aliphatic rings. The van der Waals surface area contributed by atoms with E-state index >= 15 is 0 Å². The van der Waals surface area contributed by atoms with Gasteiger partial charge in [0.1, 0.15) is 11.6 Å². The normalized spacial score (nSPS) is 10.6. The van der Waals surface area contributed by atoms with Crippen LogP contribution in [0.1, 0.15) is 17.3 Å². The lowest BCUT2D eigenvalue weighted by Gasteiger charge is -2.03. The van der Waals surface area contributed by atoms with Crippen molar-refractivity contribution in [1.82, 2.24) is 15.2 Å². The predicted octanol–water partition coefficient (Wildman–Crippen LogP) is 3.98. The summed E-state index contributed by atoms with van der Waals surface area (Å²) < 4.78 is 19.1. The van der Waals surface area contributed by atoms with Crippen LogP contribution in [0.4, 0.5) is 4.39 Å². The number of H-pyrrole nitrogens is 1. The number of nitrogens with one attached hydrogen (secondary N) is 1. The van der Waals surface area contributed by atoms with Gasteiger partial charge in [-0.3, -0.25) is 9.89 Å². The summed E-state index contributed by atoms with van der Waals surface area (Å²) >= 11 is 1.20. The second kappa shape index (κ2) is 7.94. The number of ketones is 1. The first kappa shape index (κ1) is 17.2. The van der Waals surface area contributed by atoms with Gasteiger partial charge in [0, 0.05) is 5.56 Å². The molecule has 7 heteroatoms. The lowest BCUT2D eigenvalue weighted by molar-refractivity contribution is 0.102. The maximum atomic E-state index is 13.7. The number of nitrogens with zero attached hydrogens (tertiary/aromatic N) is 2. The molecule has 0 saturated carbocycles. The van der Waals surface area contributed by atoms with Crippen LogP contribution in [0.15, 0.2) is 53.7 Å². The highest BCUT2D eigenvalue weighted by atomic mass is 32.2. The van der Waals surface area contributed by atoms with Crippen molar-refractivity contribution in [3.63, 3.8) is 0 Å². The van der Waals surface area contributed by atoms with Gasteiger partial charge in [0.25, 0.3) is 0 Å². The molecule has 0 radical (unpaired) electrons. The number of hydrogen-bond acceptors (Lipinski definition) is 5. The SMILES string of the molecule is CCOc1ccc(C(=O)CSc2n[nH]c(-c3ccccc3F)n2)cc1. The molecule has 0 spiro atoms. The molecule has 1 N–H and O–H groups in total. The molecular formula is C18H16FN3O2S. The zero-order valence-corrected chi connectivity index (χ0v) is 14.3. The van der Waals surface area contributed by atoms with E-state index in [2.05, 4.69) is 15.2 Å². The van der Waals surface area contributed by atoms with Gasteiger partial charge in [0.05, 0.1) is 17.9 Å². The molecule has 0 fully saturated rings. The van der Waals surface area contributed by atoms with Crippen LogP contribution in [0.2, 0.25) is 0 Å². The molecule has 3 rings (SSSR count). The van der Waals surface area contributed by atoms with Gasteiger partial charge in [0.2, 0.25) is 5.16 Å². The number of aromatic amines is 1. The summed E-state index contributed by atoms with van der Waals surface area (Å²) in [5, 5.41) is 7.12. The van der Waals surface area contributed by atoms with E-state index in [1.165, 1.54) is 17.8 Å². The number of carbonyl (C=O) groups is 1. The molecule has 128 valence electrons. The van der Waals surface area contributed by atoms with Crippen LogP contribution in [-0.4, -0.2) is 33.3 Å². The smallest absolute Gasteiger partial charge is 0.209 e. The van der Waals surface area contributed by atoms with Gasteiger partial charge in [-0.15, -0.1) is 5.10 Å². The highest BCUT2D eigenvalue weighted by molar-refractivity contribution is 7.99. The minimum Gasteiger partial charge on any atom is -0.494 e. The van der Waals surface area contributed by atoms with Crippen molar-refractivity contribution in [2.75, 3.05) is 12.4 Å². The highest BCUT2D eigenvalue weighted by Crippen LogP contribution is 2.22. The molecule has 1 heterocycles. The minimum absolute atomic E-state index is 0.0368. The molecule has 25 heavy (non-hydrogen) atoms. The maximum Gasteiger partial charge on any atom is 0.209 e. The molecule has 0 amide bonds. The number of rotatable bonds is 7. The Hall–Kier alpha value is -2.67. The van der Waals surface area contributed by atoms with E-state index in [-0.39, 0.29) is 17.4 Å². The molecule has 0 atom stereocenters. The summed E-state index contributed by atoms with van der Waals surface area (Å²) in [7, 11) is 0. The first-order valence-electron chi connectivity index (χ1n) is 7.73. The Kier molecular flexibility index (Phi) is 5.45. The van der Waals surface area contributed by atoms with Gasteiger partial charge in [-0.2, -0.15) is 0 Å². The number of ether oxygens (including phenoxy) is 1. The van der Waals surface area contributed by atoms with Crippen LogP contribution in [0.5, 0.6) is 5.75 Å². The topological polar surface area (TPSA) is 67.9 Å². The number of carbonyl (C=O) groups excluding carboxylic acids is 1. The third kappa shape index (κ3) is 4.24. The van der Waals surface area contributed by atoms with Crippen molar-refractivity contribution in [3.8, 4) is 17.1 Å². The minimum atomic E-state index is -0.374. The van der Waals surface area contributed by atoms with E-state index in [1.807, 2.05) is 6.92 Å². The monoisotopic (exact) mass is 357 g/mol. The quantitative estimate of drug-likeness (QED) is 0.512. The van der Waals surface area contributed by atoms with E-state index in [9.17, 15) is 9.18 Å². The molecule has 1 aromatic heterocycles. The van der Waals surface area contributed by atoms with Gasteiger partial charge >= 0.3 is 0 Å². The molecule has 0 aliphatic heterocycles. The van der Waals surface area contributed by atoms with Crippen molar-refractivity contribution < 1.29 is 13.9 Å². The fraction of sp³-hybridized carbons (Fsp3) is 0.167. The largest absolute Gasteiger partial charge is 0.494 e. The summed E-state index contributed by atoms with van der Waals surface area (Å²) in [6.45, 7) is 2.49. The Morgan fingerprint density at radius 2 is 1.96 bits per heavy atom. The molecule has 2 aromatic carbocycles. The van der Waals surface area contributed by atoms with Gasteiger partial charge in [0.15, 0.2) is 11.6 Å². The van der Waals surface area contributed by atoms with Crippen molar-refractivity contribution in [1.29, 1.82) is 0 Å². The van der Waals surface area contributed by atoms with Gasteiger partial charge in [-0.1, -0.05) is 23.9 Å². The number of Topliss-reactive ketones (excluding diaryl/α,β-unsaturated/α-hetero) is 1. The van der Waals surface area contributed by atoms with Crippen LogP contribution in [0.3, 0.4) is 0 Å². The number of aromatic nitrogens is 3. The molecule has 0 unspecified atom stereocenters. The second-order valence-electron chi connectivity index (χ2n) is 5.12. The van der Waals surface area contributed by atoms with Crippen molar-refractivity contribution in [3.05, 3.63) is 59.9 Å². The average Bonchev–Trinajstić information content (AvgIpc) is 3.10. The first-order valence-corrected chi connectivity index (χ1v) is 8.72. The molecule has 0 aliphatic carbocycles. The summed E-state index contributed by atoms with van der Waals surface area (Å²) in [4.78, 5) is 16.5. The van der Waals surface area contributed by atoms with Gasteiger partial charge in [-0.25, -0.2) is 9.37 Å². The molecule has 0 saturated heterocycles. The van der Waals surface area contributed by atoms with Crippen molar-refractivity contribution in [2.24, 2.45) is 0 Å². The summed E-state index contributed by atoms with van der Waals surface area (Å²) in [5.41, 5.74) is 0.945. The third-order valence-corrected chi connectivity index (χ3v) is 4.26. The predicted molar refractivity (Wildman–Crippen MR) is 94.4 cm³/mol. The van der Waals surface area contributed by atoms with Crippen LogP contribution in [0, 0.1) is 5.82 Å². The van der Waals surface area contributed by atoms with E-state index in [0.29, 0.717) is 28.7 Å². The van der Waals surface area contributed by atoms with Crippen LogP contribution >= 0.6 is 11.8 Å². The van der Waals surface area contributed by atoms with E-state index in [4.69, 9.17) is 4.74 Å². The number of benzene rings is 2. The van der Waals surface area contributed by atoms with Gasteiger partial charge < -0.3 is 4.74 Å². The fourth-order valence-corrected chi connectivity index (χ4v) is 2.89. The van der Waals surface area contributed by atoms with Crippen LogP contribution in [0.25, 0.3) is 11.4 Å². The maximum absolute atomic E-state index is 13.7. The first-order chi connectivity index (χ1) is 12.2. The number of hydrogen-bond donors (Lipinski definition) is 1. The summed E-state index contributed by atoms with van der Waals surface area (Å²) in [5.74, 6) is 0.859. The van der Waals surface area contributed by atoms with Gasteiger partial charge in [-0.05, 0) is 43.3 Å². The molecule has 0 bridgehead atoms. The molecule has 5 nitrogen and oxygen atoms in total. The van der Waals surface area contributed by atoms with E-state index in [0.717, 1.165) is 5.75 Å². The lowest BCUT2D eigenvalue weighted by Crippen LogP contribution is -2.02. The lowest BCUT2D eigenvalue weighted by atomic mass is 10.1. The molecule has 3 aromatic rings. The summed E-state index contributed by atoms with van der Waals surface area (Å²) in [6.07, 6.45) is 0. The standard InChI is InChI=1S/C18H16FN3O2S/c1-2-24-13-9-7-12(8-10-13)16(23)11-25-18-20-17(21-22-18)14-5-3-4-6-15(14)19/h3-10H,2,11H2,1H3,(H,20,21,22). The van der Waals surface area contributed by atoms with Crippen LogP contribution in [-0.2, 0) is 0 Å². The zero-order chi connectivity index (χ0) is 17.6. The number of halogens is 1. The van der Waals surface area contributed by atoms with E-state index < -0.39 is 0 Å². The van der Waals surface area contributed by atoms with Crippen LogP contribution < -0.4 is 4.74 Å². The Bertz CT molecular complexity index is 865. The Balaban J connectivity index is 1.62. The van der Waals surface area contributed by atoms with Crippen molar-refractivity contribution in [2.45, 2.75) is 12.1 Å². The van der Waals surface area contributed by atoms with E-state index in [1.54, 1.807) is 42.5 Å². The average molecular weight is 357 g/mol. The Morgan fingerprint density at radius 3 is 2.68 bits per heavy atom. The Morgan fingerprint density at radius 1 is 1.20 bits per heavy atom.